The van der Waals surface area contributed by atoms with E-state index in [1.54, 1.807) is 24.4 Å². The summed E-state index contributed by atoms with van der Waals surface area (Å²) in [6.07, 6.45) is 7.91. The lowest BCUT2D eigenvalue weighted by Gasteiger charge is -2.36. The number of aromatic nitrogens is 4. The third-order valence-corrected chi connectivity index (χ3v) is 6.56. The standard InChI is InChI=1S/C27H31FN8/c1-35(18-21-16-30-31-17-21)25-11-14-36(15-12-25)19-20-2-6-24(7-3-20)33-27-29-13-10-26(34-27)32-23-8-4-22(28)5-9-23/h2-10,13,16-17,25H,11-12,14-15,18-19H2,1H3,(H,30,31)(H2,29,32,33,34). The molecule has 8 nitrogen and oxygen atoms in total. The minimum Gasteiger partial charge on any atom is -0.340 e. The van der Waals surface area contributed by atoms with E-state index in [1.807, 2.05) is 12.4 Å². The maximum atomic E-state index is 13.1. The molecule has 1 aliphatic heterocycles. The lowest BCUT2D eigenvalue weighted by atomic mass is 10.0. The van der Waals surface area contributed by atoms with Crippen LogP contribution in [0.1, 0.15) is 24.0 Å². The zero-order valence-corrected chi connectivity index (χ0v) is 20.4. The minimum atomic E-state index is -0.271. The number of hydrogen-bond acceptors (Lipinski definition) is 7. The molecule has 3 heterocycles. The Kier molecular flexibility index (Phi) is 7.49. The second-order valence-electron chi connectivity index (χ2n) is 9.25. The number of piperidine rings is 1. The van der Waals surface area contributed by atoms with Gasteiger partial charge in [-0.1, -0.05) is 12.1 Å². The molecule has 1 aliphatic rings. The first-order chi connectivity index (χ1) is 17.6. The van der Waals surface area contributed by atoms with Crippen LogP contribution in [0.25, 0.3) is 0 Å². The van der Waals surface area contributed by atoms with Crippen LogP contribution < -0.4 is 10.6 Å². The highest BCUT2D eigenvalue weighted by Crippen LogP contribution is 2.21. The number of halogens is 1. The Morgan fingerprint density at radius 2 is 1.69 bits per heavy atom. The van der Waals surface area contributed by atoms with Crippen molar-refractivity contribution in [3.05, 3.63) is 90.1 Å². The zero-order valence-electron chi connectivity index (χ0n) is 20.4. The second-order valence-corrected chi connectivity index (χ2v) is 9.25. The van der Waals surface area contributed by atoms with Gasteiger partial charge >= 0.3 is 0 Å². The van der Waals surface area contributed by atoms with Gasteiger partial charge in [0.1, 0.15) is 11.6 Å². The first-order valence-corrected chi connectivity index (χ1v) is 12.2. The summed E-state index contributed by atoms with van der Waals surface area (Å²) < 4.78 is 13.1. The van der Waals surface area contributed by atoms with Crippen molar-refractivity contribution in [2.24, 2.45) is 0 Å². The van der Waals surface area contributed by atoms with Gasteiger partial charge in [-0.2, -0.15) is 10.1 Å². The largest absolute Gasteiger partial charge is 0.340 e. The van der Waals surface area contributed by atoms with Crippen molar-refractivity contribution >= 4 is 23.1 Å². The fourth-order valence-electron chi connectivity index (χ4n) is 4.55. The summed E-state index contributed by atoms with van der Waals surface area (Å²) in [7, 11) is 2.21. The molecule has 0 unspecified atom stereocenters. The molecule has 0 aliphatic carbocycles. The molecule has 5 rings (SSSR count). The van der Waals surface area contributed by atoms with Gasteiger partial charge in [-0.3, -0.25) is 14.9 Å². The van der Waals surface area contributed by atoms with Gasteiger partial charge in [0.2, 0.25) is 5.95 Å². The maximum Gasteiger partial charge on any atom is 0.229 e. The molecule has 186 valence electrons. The lowest BCUT2D eigenvalue weighted by Crippen LogP contribution is -2.42. The Balaban J connectivity index is 1.10. The number of nitrogens with one attached hydrogen (secondary N) is 3. The van der Waals surface area contributed by atoms with E-state index >= 15 is 0 Å². The monoisotopic (exact) mass is 486 g/mol. The van der Waals surface area contributed by atoms with Crippen LogP contribution in [0.4, 0.5) is 27.5 Å². The molecule has 2 aromatic carbocycles. The normalized spacial score (nSPS) is 14.8. The topological polar surface area (TPSA) is 85.0 Å². The Morgan fingerprint density at radius 1 is 0.972 bits per heavy atom. The number of nitrogens with zero attached hydrogens (tertiary/aromatic N) is 5. The van der Waals surface area contributed by atoms with Crippen LogP contribution in [0.2, 0.25) is 0 Å². The summed E-state index contributed by atoms with van der Waals surface area (Å²) in [6.45, 7) is 4.08. The highest BCUT2D eigenvalue weighted by molar-refractivity contribution is 5.59. The van der Waals surface area contributed by atoms with Crippen molar-refractivity contribution in [2.45, 2.75) is 32.0 Å². The number of benzene rings is 2. The summed E-state index contributed by atoms with van der Waals surface area (Å²) in [4.78, 5) is 13.8. The molecule has 1 saturated heterocycles. The van der Waals surface area contributed by atoms with Crippen molar-refractivity contribution in [2.75, 3.05) is 30.8 Å². The summed E-state index contributed by atoms with van der Waals surface area (Å²) in [5, 5.41) is 13.4. The summed E-state index contributed by atoms with van der Waals surface area (Å²) in [5.41, 5.74) is 4.21. The number of anilines is 4. The second kappa shape index (κ2) is 11.3. The van der Waals surface area contributed by atoms with Crippen molar-refractivity contribution in [1.82, 2.24) is 30.0 Å². The molecule has 0 spiro atoms. The summed E-state index contributed by atoms with van der Waals surface area (Å²) in [6, 6.07) is 17.0. The van der Waals surface area contributed by atoms with Gasteiger partial charge in [0.15, 0.2) is 0 Å². The summed E-state index contributed by atoms with van der Waals surface area (Å²) in [5.74, 6) is 0.860. The fourth-order valence-corrected chi connectivity index (χ4v) is 4.55. The van der Waals surface area contributed by atoms with Crippen molar-refractivity contribution in [3.8, 4) is 0 Å². The molecule has 0 saturated carbocycles. The minimum absolute atomic E-state index is 0.271. The van der Waals surface area contributed by atoms with Crippen LogP contribution >= 0.6 is 0 Å². The number of rotatable bonds is 9. The van der Waals surface area contributed by atoms with Gasteiger partial charge in [-0.05, 0) is 81.0 Å². The number of hydrogen-bond donors (Lipinski definition) is 3. The van der Waals surface area contributed by atoms with Crippen LogP contribution in [0.15, 0.2) is 73.2 Å². The third-order valence-electron chi connectivity index (χ3n) is 6.56. The molecule has 0 atom stereocenters. The van der Waals surface area contributed by atoms with Gasteiger partial charge in [0, 0.05) is 48.5 Å². The van der Waals surface area contributed by atoms with Crippen LogP contribution in [0.3, 0.4) is 0 Å². The number of aromatic amines is 1. The maximum absolute atomic E-state index is 13.1. The van der Waals surface area contributed by atoms with E-state index in [0.717, 1.165) is 37.6 Å². The lowest BCUT2D eigenvalue weighted by molar-refractivity contribution is 0.119. The fraction of sp³-hybridized carbons (Fsp3) is 0.296. The van der Waals surface area contributed by atoms with Gasteiger partial charge in [0.05, 0.1) is 6.20 Å². The van der Waals surface area contributed by atoms with Crippen molar-refractivity contribution in [1.29, 1.82) is 0 Å². The van der Waals surface area contributed by atoms with E-state index in [1.165, 1.54) is 36.1 Å². The molecule has 9 heteroatoms. The van der Waals surface area contributed by atoms with E-state index in [-0.39, 0.29) is 5.82 Å². The van der Waals surface area contributed by atoms with Gasteiger partial charge in [-0.15, -0.1) is 0 Å². The highest BCUT2D eigenvalue weighted by Gasteiger charge is 2.22. The SMILES string of the molecule is CN(Cc1cn[nH]c1)C1CCN(Cc2ccc(Nc3nccc(Nc4ccc(F)cc4)n3)cc2)CC1. The number of likely N-dealkylation sites (tertiary alicyclic amines) is 1. The van der Waals surface area contributed by atoms with Gasteiger partial charge in [0.25, 0.3) is 0 Å². The average molecular weight is 487 g/mol. The molecular formula is C27H31FN8. The van der Waals surface area contributed by atoms with E-state index in [0.29, 0.717) is 17.8 Å². The Bertz CT molecular complexity index is 1220. The van der Waals surface area contributed by atoms with Gasteiger partial charge in [-0.25, -0.2) is 9.37 Å². The first-order valence-electron chi connectivity index (χ1n) is 12.2. The Morgan fingerprint density at radius 3 is 2.42 bits per heavy atom. The quantitative estimate of drug-likeness (QED) is 0.310. The molecule has 2 aromatic heterocycles. The van der Waals surface area contributed by atoms with Crippen LogP contribution in [0.5, 0.6) is 0 Å². The Hall–Kier alpha value is -3.82. The average Bonchev–Trinajstić information content (AvgIpc) is 3.40. The van der Waals surface area contributed by atoms with Crippen molar-refractivity contribution in [3.63, 3.8) is 0 Å². The van der Waals surface area contributed by atoms with Gasteiger partial charge < -0.3 is 10.6 Å². The Labute approximate surface area is 210 Å². The highest BCUT2D eigenvalue weighted by atomic mass is 19.1. The molecular weight excluding hydrogens is 455 g/mol. The molecule has 4 aromatic rings. The smallest absolute Gasteiger partial charge is 0.229 e. The predicted molar refractivity (Wildman–Crippen MR) is 140 cm³/mol. The van der Waals surface area contributed by atoms with E-state index in [4.69, 9.17) is 0 Å². The van der Waals surface area contributed by atoms with E-state index in [9.17, 15) is 4.39 Å². The van der Waals surface area contributed by atoms with Crippen LogP contribution in [0, 0.1) is 5.82 Å². The zero-order chi connectivity index (χ0) is 24.7. The molecule has 1 fully saturated rings. The molecule has 0 amide bonds. The van der Waals surface area contributed by atoms with Crippen LogP contribution in [-0.4, -0.2) is 56.1 Å². The molecule has 0 radical (unpaired) electrons. The van der Waals surface area contributed by atoms with E-state index in [2.05, 4.69) is 71.9 Å². The molecule has 0 bridgehead atoms. The number of H-pyrrole nitrogens is 1. The van der Waals surface area contributed by atoms with E-state index < -0.39 is 0 Å². The first kappa shape index (κ1) is 23.9. The molecule has 36 heavy (non-hydrogen) atoms. The summed E-state index contributed by atoms with van der Waals surface area (Å²) >= 11 is 0. The predicted octanol–water partition coefficient (Wildman–Crippen LogP) is 4.92. The molecule has 3 N–H and O–H groups in total. The third kappa shape index (κ3) is 6.44. The van der Waals surface area contributed by atoms with Crippen LogP contribution in [-0.2, 0) is 13.1 Å². The van der Waals surface area contributed by atoms with Crippen molar-refractivity contribution < 1.29 is 4.39 Å².